The third-order valence-electron chi connectivity index (χ3n) is 4.01. The van der Waals surface area contributed by atoms with Crippen LogP contribution in [0.25, 0.3) is 0 Å². The third kappa shape index (κ3) is 3.80. The predicted molar refractivity (Wildman–Crippen MR) is 75.5 cm³/mol. The van der Waals surface area contributed by atoms with E-state index in [1.165, 1.54) is 6.42 Å². The van der Waals surface area contributed by atoms with Crippen LogP contribution < -0.4 is 5.32 Å². The van der Waals surface area contributed by atoms with Crippen molar-refractivity contribution in [3.63, 3.8) is 0 Å². The minimum atomic E-state index is -0.286. The fourth-order valence-corrected chi connectivity index (χ4v) is 2.88. The zero-order valence-electron chi connectivity index (χ0n) is 11.5. The van der Waals surface area contributed by atoms with Crippen molar-refractivity contribution < 1.29 is 9.90 Å². The molecule has 0 spiro atoms. The third-order valence-corrected chi connectivity index (χ3v) is 4.01. The number of hydrogen-bond donors (Lipinski definition) is 2. The molecule has 0 bridgehead atoms. The summed E-state index contributed by atoms with van der Waals surface area (Å²) in [5.41, 5.74) is 0.960. The van der Waals surface area contributed by atoms with Crippen molar-refractivity contribution in [1.82, 2.24) is 5.32 Å². The monoisotopic (exact) mass is 261 g/mol. The van der Waals surface area contributed by atoms with Crippen LogP contribution in [0.2, 0.25) is 0 Å². The first kappa shape index (κ1) is 14.1. The van der Waals surface area contributed by atoms with Gasteiger partial charge in [-0.25, -0.2) is 0 Å². The van der Waals surface area contributed by atoms with E-state index in [-0.39, 0.29) is 24.5 Å². The topological polar surface area (TPSA) is 49.3 Å². The van der Waals surface area contributed by atoms with Gasteiger partial charge in [-0.05, 0) is 24.3 Å². The molecule has 2 rings (SSSR count). The van der Waals surface area contributed by atoms with Crippen LogP contribution in [0.15, 0.2) is 30.3 Å². The average molecular weight is 261 g/mol. The number of aliphatic hydroxyl groups is 1. The Labute approximate surface area is 115 Å². The summed E-state index contributed by atoms with van der Waals surface area (Å²) < 4.78 is 0. The highest BCUT2D eigenvalue weighted by molar-refractivity contribution is 5.79. The molecular formula is C16H23NO2. The van der Waals surface area contributed by atoms with Gasteiger partial charge in [0.2, 0.25) is 5.91 Å². The molecule has 1 aromatic carbocycles. The van der Waals surface area contributed by atoms with Crippen LogP contribution >= 0.6 is 0 Å². The molecule has 104 valence electrons. The van der Waals surface area contributed by atoms with Gasteiger partial charge in [0.15, 0.2) is 0 Å². The number of benzene rings is 1. The molecule has 3 atom stereocenters. The van der Waals surface area contributed by atoms with Crippen LogP contribution in [0.1, 0.15) is 44.2 Å². The summed E-state index contributed by atoms with van der Waals surface area (Å²) in [5, 5.41) is 12.4. The van der Waals surface area contributed by atoms with E-state index in [0.29, 0.717) is 5.92 Å². The van der Waals surface area contributed by atoms with E-state index in [1.54, 1.807) is 0 Å². The number of hydrogen-bond acceptors (Lipinski definition) is 2. The van der Waals surface area contributed by atoms with Crippen LogP contribution in [-0.4, -0.2) is 17.6 Å². The Morgan fingerprint density at radius 1 is 1.37 bits per heavy atom. The Hall–Kier alpha value is -1.35. The van der Waals surface area contributed by atoms with Crippen LogP contribution in [0.4, 0.5) is 0 Å². The Balaban J connectivity index is 1.96. The van der Waals surface area contributed by atoms with E-state index in [0.717, 1.165) is 24.8 Å². The molecule has 0 unspecified atom stereocenters. The average Bonchev–Trinajstić information content (AvgIpc) is 2.45. The quantitative estimate of drug-likeness (QED) is 0.875. The van der Waals surface area contributed by atoms with Gasteiger partial charge < -0.3 is 10.4 Å². The maximum Gasteiger partial charge on any atom is 0.223 e. The predicted octanol–water partition coefficient (Wildman–Crippen LogP) is 2.66. The minimum Gasteiger partial charge on any atom is -0.394 e. The van der Waals surface area contributed by atoms with Crippen molar-refractivity contribution in [1.29, 1.82) is 0 Å². The Morgan fingerprint density at radius 2 is 2.11 bits per heavy atom. The van der Waals surface area contributed by atoms with Crippen LogP contribution in [-0.2, 0) is 4.79 Å². The fourth-order valence-electron chi connectivity index (χ4n) is 2.88. The normalized spacial score (nSPS) is 24.7. The first-order valence-corrected chi connectivity index (χ1v) is 7.17. The van der Waals surface area contributed by atoms with Gasteiger partial charge in [-0.3, -0.25) is 4.79 Å². The van der Waals surface area contributed by atoms with Gasteiger partial charge in [-0.2, -0.15) is 0 Å². The summed E-state index contributed by atoms with van der Waals surface area (Å²) in [4.78, 5) is 12.3. The molecule has 1 saturated carbocycles. The van der Waals surface area contributed by atoms with E-state index in [1.807, 2.05) is 30.3 Å². The number of rotatable bonds is 4. The minimum absolute atomic E-state index is 0.0575. The highest BCUT2D eigenvalue weighted by Gasteiger charge is 2.26. The van der Waals surface area contributed by atoms with Crippen molar-refractivity contribution in [2.24, 2.45) is 11.8 Å². The van der Waals surface area contributed by atoms with Crippen LogP contribution in [0.3, 0.4) is 0 Å². The SMILES string of the molecule is C[C@@H]1CCC[C@H](C(=O)N[C@H](CO)c2ccccc2)C1. The van der Waals surface area contributed by atoms with Gasteiger partial charge in [-0.1, -0.05) is 50.1 Å². The molecule has 0 heterocycles. The van der Waals surface area contributed by atoms with Gasteiger partial charge in [0, 0.05) is 5.92 Å². The molecule has 3 heteroatoms. The second-order valence-corrected chi connectivity index (χ2v) is 5.62. The number of carbonyl (C=O) groups is 1. The number of amides is 1. The molecule has 1 aromatic rings. The number of carbonyl (C=O) groups excluding carboxylic acids is 1. The van der Waals surface area contributed by atoms with E-state index in [9.17, 15) is 9.90 Å². The van der Waals surface area contributed by atoms with Gasteiger partial charge in [0.1, 0.15) is 0 Å². The molecule has 0 aliphatic heterocycles. The molecule has 1 amide bonds. The second-order valence-electron chi connectivity index (χ2n) is 5.62. The summed E-state index contributed by atoms with van der Waals surface area (Å²) >= 11 is 0. The molecule has 0 saturated heterocycles. The second kappa shape index (κ2) is 6.71. The largest absolute Gasteiger partial charge is 0.394 e. The maximum absolute atomic E-state index is 12.3. The zero-order chi connectivity index (χ0) is 13.7. The van der Waals surface area contributed by atoms with E-state index in [4.69, 9.17) is 0 Å². The number of aliphatic hydroxyl groups excluding tert-OH is 1. The standard InChI is InChI=1S/C16H23NO2/c1-12-6-5-9-14(10-12)16(19)17-15(11-18)13-7-3-2-4-8-13/h2-4,7-8,12,14-15,18H,5-6,9-11H2,1H3,(H,17,19)/t12-,14+,15-/m1/s1. The van der Waals surface area contributed by atoms with Crippen molar-refractivity contribution in [3.05, 3.63) is 35.9 Å². The molecule has 3 nitrogen and oxygen atoms in total. The summed E-state index contributed by atoms with van der Waals surface area (Å²) in [6, 6.07) is 9.36. The molecular weight excluding hydrogens is 238 g/mol. The maximum atomic E-state index is 12.3. The van der Waals surface area contributed by atoms with Gasteiger partial charge in [0.25, 0.3) is 0 Å². The summed E-state index contributed by atoms with van der Waals surface area (Å²) in [6.07, 6.45) is 4.31. The lowest BCUT2D eigenvalue weighted by Gasteiger charge is -2.27. The molecule has 1 aliphatic carbocycles. The fraction of sp³-hybridized carbons (Fsp3) is 0.562. The lowest BCUT2D eigenvalue weighted by Crippen LogP contribution is -2.37. The molecule has 1 fully saturated rings. The van der Waals surface area contributed by atoms with Crippen molar-refractivity contribution in [3.8, 4) is 0 Å². The van der Waals surface area contributed by atoms with Crippen molar-refractivity contribution in [2.45, 2.75) is 38.6 Å². The molecule has 0 aromatic heterocycles. The molecule has 0 radical (unpaired) electrons. The molecule has 2 N–H and O–H groups in total. The summed E-state index contributed by atoms with van der Waals surface area (Å²) in [7, 11) is 0. The van der Waals surface area contributed by atoms with E-state index in [2.05, 4.69) is 12.2 Å². The smallest absolute Gasteiger partial charge is 0.223 e. The molecule has 19 heavy (non-hydrogen) atoms. The highest BCUT2D eigenvalue weighted by atomic mass is 16.3. The lowest BCUT2D eigenvalue weighted by atomic mass is 9.82. The highest BCUT2D eigenvalue weighted by Crippen LogP contribution is 2.29. The van der Waals surface area contributed by atoms with Gasteiger partial charge >= 0.3 is 0 Å². The van der Waals surface area contributed by atoms with Crippen molar-refractivity contribution >= 4 is 5.91 Å². The van der Waals surface area contributed by atoms with Crippen molar-refractivity contribution in [2.75, 3.05) is 6.61 Å². The van der Waals surface area contributed by atoms with Gasteiger partial charge in [0.05, 0.1) is 12.6 Å². The van der Waals surface area contributed by atoms with E-state index >= 15 is 0 Å². The zero-order valence-corrected chi connectivity index (χ0v) is 11.5. The summed E-state index contributed by atoms with van der Waals surface area (Å²) in [5.74, 6) is 0.838. The lowest BCUT2D eigenvalue weighted by molar-refractivity contribution is -0.127. The Morgan fingerprint density at radius 3 is 2.74 bits per heavy atom. The van der Waals surface area contributed by atoms with Crippen LogP contribution in [0, 0.1) is 11.8 Å². The Bertz CT molecular complexity index is 404. The number of nitrogens with one attached hydrogen (secondary N) is 1. The van der Waals surface area contributed by atoms with E-state index < -0.39 is 0 Å². The van der Waals surface area contributed by atoms with Crippen LogP contribution in [0.5, 0.6) is 0 Å². The Kier molecular flexibility index (Phi) is 4.97. The first-order valence-electron chi connectivity index (χ1n) is 7.17. The molecule has 1 aliphatic rings. The first-order chi connectivity index (χ1) is 9.20. The van der Waals surface area contributed by atoms with Gasteiger partial charge in [-0.15, -0.1) is 0 Å². The summed E-state index contributed by atoms with van der Waals surface area (Å²) in [6.45, 7) is 2.15.